The summed E-state index contributed by atoms with van der Waals surface area (Å²) in [5.74, 6) is 0.317. The lowest BCUT2D eigenvalue weighted by molar-refractivity contribution is -0.388. The molecule has 0 saturated carbocycles. The van der Waals surface area contributed by atoms with E-state index < -0.39 is 25.6 Å². The van der Waals surface area contributed by atoms with Crippen LogP contribution in [-0.2, 0) is 10.1 Å². The molecule has 0 N–H and O–H groups in total. The van der Waals surface area contributed by atoms with E-state index in [4.69, 9.17) is 8.92 Å². The summed E-state index contributed by atoms with van der Waals surface area (Å²) < 4.78 is 34.8. The summed E-state index contributed by atoms with van der Waals surface area (Å²) in [7, 11) is -3.02. The molecule has 0 unspecified atom stereocenters. The summed E-state index contributed by atoms with van der Waals surface area (Å²) >= 11 is 0. The lowest BCUT2D eigenvalue weighted by Gasteiger charge is -2.11. The highest BCUT2D eigenvalue weighted by atomic mass is 32.2. The van der Waals surface area contributed by atoms with Crippen molar-refractivity contribution in [3.63, 3.8) is 0 Å². The Hall–Kier alpha value is -2.61. The van der Waals surface area contributed by atoms with E-state index in [0.29, 0.717) is 5.56 Å². The predicted octanol–water partition coefficient (Wildman–Crippen LogP) is 2.99. The number of aryl methyl sites for hydroxylation is 1. The molecule has 7 nitrogen and oxygen atoms in total. The number of benzene rings is 2. The van der Waals surface area contributed by atoms with Gasteiger partial charge < -0.3 is 8.92 Å². The van der Waals surface area contributed by atoms with Crippen LogP contribution in [0.3, 0.4) is 0 Å². The maximum atomic E-state index is 12.4. The lowest BCUT2D eigenvalue weighted by Crippen LogP contribution is -2.13. The van der Waals surface area contributed by atoms with E-state index in [2.05, 4.69) is 0 Å². The molecule has 0 aliphatic rings. The number of nitrogens with zero attached hydrogens (tertiary/aromatic N) is 1. The number of hydrogen-bond acceptors (Lipinski definition) is 6. The minimum atomic E-state index is -4.35. The fourth-order valence-corrected chi connectivity index (χ4v) is 3.09. The molecule has 2 aromatic carbocycles. The maximum absolute atomic E-state index is 12.4. The van der Waals surface area contributed by atoms with Gasteiger partial charge in [0, 0.05) is 0 Å². The van der Waals surface area contributed by atoms with Crippen molar-refractivity contribution in [2.75, 3.05) is 7.11 Å². The molecule has 0 aliphatic heterocycles. The zero-order valence-electron chi connectivity index (χ0n) is 12.8. The molecule has 0 saturated heterocycles. The average Bonchev–Trinajstić information content (AvgIpc) is 2.51. The van der Waals surface area contributed by atoms with E-state index in [9.17, 15) is 18.5 Å². The Morgan fingerprint density at radius 2 is 1.83 bits per heavy atom. The minimum absolute atomic E-state index is 0.134. The van der Waals surface area contributed by atoms with Crippen molar-refractivity contribution < 1.29 is 22.3 Å². The number of nitro benzene ring substituents is 1. The topological polar surface area (TPSA) is 95.7 Å². The molecule has 0 fully saturated rings. The Kier molecular flexibility index (Phi) is 4.55. The molecule has 0 heterocycles. The molecule has 0 atom stereocenters. The van der Waals surface area contributed by atoms with Crippen molar-refractivity contribution in [1.82, 2.24) is 0 Å². The van der Waals surface area contributed by atoms with E-state index >= 15 is 0 Å². The van der Waals surface area contributed by atoms with Crippen LogP contribution in [0.4, 0.5) is 5.69 Å². The molecular formula is C15H15NO6S. The van der Waals surface area contributed by atoms with Crippen LogP contribution in [0, 0.1) is 24.0 Å². The Morgan fingerprint density at radius 1 is 1.13 bits per heavy atom. The predicted molar refractivity (Wildman–Crippen MR) is 83.4 cm³/mol. The normalized spacial score (nSPS) is 11.1. The summed E-state index contributed by atoms with van der Waals surface area (Å²) in [6.07, 6.45) is 0. The van der Waals surface area contributed by atoms with Gasteiger partial charge in [0.15, 0.2) is 4.90 Å². The van der Waals surface area contributed by atoms with Crippen LogP contribution in [-0.4, -0.2) is 20.5 Å². The Bertz CT molecular complexity index is 860. The van der Waals surface area contributed by atoms with Crippen LogP contribution in [0.2, 0.25) is 0 Å². The third kappa shape index (κ3) is 3.42. The molecule has 0 aliphatic carbocycles. The van der Waals surface area contributed by atoms with Crippen LogP contribution in [0.1, 0.15) is 11.1 Å². The van der Waals surface area contributed by atoms with Gasteiger partial charge in [-0.1, -0.05) is 12.1 Å². The van der Waals surface area contributed by atoms with Gasteiger partial charge in [-0.2, -0.15) is 8.42 Å². The standard InChI is InChI=1S/C15H15NO6S/c1-10-5-4-6-14(11(10)2)22-23(19,20)15-8-7-12(21-3)9-13(15)16(17)18/h4-9H,1-3H3. The number of ether oxygens (including phenoxy) is 1. The third-order valence-corrected chi connectivity index (χ3v) is 4.67. The Labute approximate surface area is 133 Å². The molecule has 2 aromatic rings. The van der Waals surface area contributed by atoms with Gasteiger partial charge in [-0.15, -0.1) is 0 Å². The fourth-order valence-electron chi connectivity index (χ4n) is 1.96. The Balaban J connectivity index is 2.52. The van der Waals surface area contributed by atoms with Crippen LogP contribution >= 0.6 is 0 Å². The molecule has 0 bridgehead atoms. The zero-order valence-corrected chi connectivity index (χ0v) is 13.6. The van der Waals surface area contributed by atoms with E-state index in [1.165, 1.54) is 19.2 Å². The highest BCUT2D eigenvalue weighted by Gasteiger charge is 2.29. The lowest BCUT2D eigenvalue weighted by atomic mass is 10.1. The summed E-state index contributed by atoms with van der Waals surface area (Å²) in [5.41, 5.74) is 0.892. The number of nitro groups is 1. The smallest absolute Gasteiger partial charge is 0.346 e. The van der Waals surface area contributed by atoms with Crippen molar-refractivity contribution in [2.45, 2.75) is 18.7 Å². The van der Waals surface area contributed by atoms with Crippen molar-refractivity contribution >= 4 is 15.8 Å². The molecular weight excluding hydrogens is 322 g/mol. The van der Waals surface area contributed by atoms with Gasteiger partial charge in [-0.3, -0.25) is 10.1 Å². The van der Waals surface area contributed by atoms with Gasteiger partial charge in [0.2, 0.25) is 0 Å². The van der Waals surface area contributed by atoms with E-state index in [0.717, 1.165) is 17.7 Å². The summed E-state index contributed by atoms with van der Waals surface area (Å²) in [6, 6.07) is 8.42. The summed E-state index contributed by atoms with van der Waals surface area (Å²) in [6.45, 7) is 3.52. The van der Waals surface area contributed by atoms with Gasteiger partial charge in [0.25, 0.3) is 5.69 Å². The van der Waals surface area contributed by atoms with Crippen molar-refractivity contribution in [3.8, 4) is 11.5 Å². The SMILES string of the molecule is COc1ccc(S(=O)(=O)Oc2cccc(C)c2C)c([N+](=O)[O-])c1. The highest BCUT2D eigenvalue weighted by Crippen LogP contribution is 2.31. The third-order valence-electron chi connectivity index (χ3n) is 3.39. The van der Waals surface area contributed by atoms with Crippen molar-refractivity contribution in [2.24, 2.45) is 0 Å². The number of methoxy groups -OCH3 is 1. The zero-order chi connectivity index (χ0) is 17.2. The van der Waals surface area contributed by atoms with E-state index in [1.807, 2.05) is 13.0 Å². The first-order chi connectivity index (χ1) is 10.8. The second kappa shape index (κ2) is 6.25. The van der Waals surface area contributed by atoms with Gasteiger partial charge >= 0.3 is 10.1 Å². The monoisotopic (exact) mass is 337 g/mol. The second-order valence-electron chi connectivity index (χ2n) is 4.83. The van der Waals surface area contributed by atoms with E-state index in [1.54, 1.807) is 13.0 Å². The first kappa shape index (κ1) is 16.8. The van der Waals surface area contributed by atoms with E-state index in [-0.39, 0.29) is 11.5 Å². The number of hydrogen-bond donors (Lipinski definition) is 0. The molecule has 122 valence electrons. The average molecular weight is 337 g/mol. The van der Waals surface area contributed by atoms with Crippen LogP contribution in [0.5, 0.6) is 11.5 Å². The first-order valence-corrected chi connectivity index (χ1v) is 8.00. The first-order valence-electron chi connectivity index (χ1n) is 6.59. The molecule has 8 heteroatoms. The molecule has 0 aromatic heterocycles. The second-order valence-corrected chi connectivity index (χ2v) is 6.34. The van der Waals surface area contributed by atoms with Gasteiger partial charge in [-0.25, -0.2) is 0 Å². The molecule has 0 radical (unpaired) electrons. The van der Waals surface area contributed by atoms with Crippen molar-refractivity contribution in [3.05, 3.63) is 57.6 Å². The number of rotatable bonds is 5. The van der Waals surface area contributed by atoms with Crippen LogP contribution in [0.25, 0.3) is 0 Å². The van der Waals surface area contributed by atoms with Gasteiger partial charge in [0.1, 0.15) is 11.5 Å². The minimum Gasteiger partial charge on any atom is -0.497 e. The van der Waals surface area contributed by atoms with Crippen LogP contribution < -0.4 is 8.92 Å². The maximum Gasteiger partial charge on any atom is 0.346 e. The van der Waals surface area contributed by atoms with Crippen molar-refractivity contribution in [1.29, 1.82) is 0 Å². The molecule has 2 rings (SSSR count). The summed E-state index contributed by atoms with van der Waals surface area (Å²) in [5, 5.41) is 11.1. The molecule has 0 spiro atoms. The largest absolute Gasteiger partial charge is 0.497 e. The highest BCUT2D eigenvalue weighted by molar-refractivity contribution is 7.87. The van der Waals surface area contributed by atoms with Gasteiger partial charge in [-0.05, 0) is 43.2 Å². The quantitative estimate of drug-likeness (QED) is 0.473. The molecule has 0 amide bonds. The summed E-state index contributed by atoms with van der Waals surface area (Å²) in [4.78, 5) is 9.83. The Morgan fingerprint density at radius 3 is 2.43 bits per heavy atom. The van der Waals surface area contributed by atoms with Gasteiger partial charge in [0.05, 0.1) is 18.1 Å². The fraction of sp³-hybridized carbons (Fsp3) is 0.200. The molecule has 23 heavy (non-hydrogen) atoms. The van der Waals surface area contributed by atoms with Crippen LogP contribution in [0.15, 0.2) is 41.3 Å².